The number of hydrazine groups is 1. The SMILES string of the molecule is CCc1cnn(C2(CC#N)CN(c3cccn4nc(NC5=CN(CC(=O)N6CCC(N(C)CC7(C#N)CC7)CC6)NC5)nc34)C2)c1. The van der Waals surface area contributed by atoms with Gasteiger partial charge in [0.15, 0.2) is 5.65 Å². The fraction of sp³-hybridized carbons (Fsp3) is 0.562. The van der Waals surface area contributed by atoms with Gasteiger partial charge in [0.25, 0.3) is 0 Å². The number of nitriles is 2. The number of likely N-dealkylation sites (tertiary alicyclic amines) is 1. The number of aryl methyl sites for hydroxylation is 1. The van der Waals surface area contributed by atoms with E-state index in [0.29, 0.717) is 38.0 Å². The Morgan fingerprint density at radius 3 is 2.74 bits per heavy atom. The van der Waals surface area contributed by atoms with Gasteiger partial charge in [0, 0.05) is 57.4 Å². The highest BCUT2D eigenvalue weighted by Gasteiger charge is 2.47. The molecule has 1 saturated carbocycles. The summed E-state index contributed by atoms with van der Waals surface area (Å²) in [6, 6.07) is 9.25. The number of aromatic nitrogens is 5. The second-order valence-electron chi connectivity index (χ2n) is 13.3. The van der Waals surface area contributed by atoms with Crippen LogP contribution < -0.4 is 15.6 Å². The summed E-state index contributed by atoms with van der Waals surface area (Å²) in [6.07, 6.45) is 12.9. The van der Waals surface area contributed by atoms with Crippen molar-refractivity contribution in [3.8, 4) is 12.1 Å². The third-order valence-electron chi connectivity index (χ3n) is 10.0. The maximum Gasteiger partial charge on any atom is 0.247 e. The zero-order chi connectivity index (χ0) is 31.9. The Morgan fingerprint density at radius 2 is 2.04 bits per heavy atom. The third kappa shape index (κ3) is 5.74. The topological polar surface area (TPSA) is 150 Å². The molecule has 1 aliphatic carbocycles. The number of amides is 1. The van der Waals surface area contributed by atoms with Crippen molar-refractivity contribution in [1.29, 1.82) is 10.5 Å². The highest BCUT2D eigenvalue weighted by molar-refractivity contribution is 5.78. The van der Waals surface area contributed by atoms with E-state index in [2.05, 4.69) is 63.0 Å². The second kappa shape index (κ2) is 11.9. The summed E-state index contributed by atoms with van der Waals surface area (Å²) >= 11 is 0. The number of nitrogens with zero attached hydrogens (tertiary/aromatic N) is 11. The van der Waals surface area contributed by atoms with E-state index >= 15 is 0 Å². The van der Waals surface area contributed by atoms with Crippen molar-refractivity contribution >= 4 is 23.2 Å². The number of carbonyl (C=O) groups excluding carboxylic acids is 1. The molecule has 0 unspecified atom stereocenters. The van der Waals surface area contributed by atoms with Gasteiger partial charge >= 0.3 is 0 Å². The van der Waals surface area contributed by atoms with E-state index in [0.717, 1.165) is 74.3 Å². The molecule has 0 bridgehead atoms. The molecular weight excluding hydrogens is 582 g/mol. The van der Waals surface area contributed by atoms with Crippen LogP contribution in [0.2, 0.25) is 0 Å². The molecule has 3 aromatic rings. The Bertz CT molecular complexity index is 1710. The van der Waals surface area contributed by atoms with Crippen molar-refractivity contribution in [2.75, 3.05) is 63.1 Å². The Morgan fingerprint density at radius 1 is 1.24 bits per heavy atom. The monoisotopic (exact) mass is 623 g/mol. The van der Waals surface area contributed by atoms with E-state index in [1.807, 2.05) is 45.3 Å². The number of hydrogen-bond donors (Lipinski definition) is 2. The molecule has 6 heterocycles. The van der Waals surface area contributed by atoms with Crippen LogP contribution in [0.5, 0.6) is 0 Å². The van der Waals surface area contributed by atoms with Crippen LogP contribution in [0.25, 0.3) is 5.65 Å². The van der Waals surface area contributed by atoms with Crippen molar-refractivity contribution in [2.24, 2.45) is 5.41 Å². The molecular formula is C32H41N13O. The standard InChI is InChI=1S/C32H41N13O/c1-3-24-15-36-45(17-24)32(10-11-33)22-42(23-32)27-5-4-12-44-29(27)38-30(39-44)37-25-16-35-43(18-25)19-28(46)41-13-6-26(7-14-41)40(2)21-31(20-34)8-9-31/h4-5,12,15,17-18,26,35H,3,6-10,13-14,16,19,21-23H2,1-2H3,(H,37,39). The first-order chi connectivity index (χ1) is 22.3. The van der Waals surface area contributed by atoms with Crippen molar-refractivity contribution < 1.29 is 4.79 Å². The first kappa shape index (κ1) is 30.0. The molecule has 3 aliphatic heterocycles. The molecule has 7 rings (SSSR count). The number of anilines is 2. The summed E-state index contributed by atoms with van der Waals surface area (Å²) < 4.78 is 3.72. The summed E-state index contributed by atoms with van der Waals surface area (Å²) in [7, 11) is 2.11. The number of pyridine rings is 1. The first-order valence-corrected chi connectivity index (χ1v) is 16.2. The Labute approximate surface area is 268 Å². The van der Waals surface area contributed by atoms with Gasteiger partial charge in [-0.3, -0.25) is 9.48 Å². The number of fused-ring (bicyclic) bond motifs is 1. The van der Waals surface area contributed by atoms with E-state index in [1.54, 1.807) is 4.52 Å². The summed E-state index contributed by atoms with van der Waals surface area (Å²) in [5, 5.41) is 33.4. The van der Waals surface area contributed by atoms with Gasteiger partial charge in [0.2, 0.25) is 11.9 Å². The van der Waals surface area contributed by atoms with E-state index in [1.165, 1.54) is 0 Å². The fourth-order valence-corrected chi connectivity index (χ4v) is 6.97. The van der Waals surface area contributed by atoms with Crippen molar-refractivity contribution in [3.05, 3.63) is 48.2 Å². The quantitative estimate of drug-likeness (QED) is 0.323. The number of piperidine rings is 1. The fourth-order valence-electron chi connectivity index (χ4n) is 6.97. The Balaban J connectivity index is 0.939. The molecule has 0 aromatic carbocycles. The van der Waals surface area contributed by atoms with Crippen LogP contribution >= 0.6 is 0 Å². The van der Waals surface area contributed by atoms with Gasteiger partial charge in [-0.2, -0.15) is 20.6 Å². The average molecular weight is 624 g/mol. The smallest absolute Gasteiger partial charge is 0.247 e. The highest BCUT2D eigenvalue weighted by atomic mass is 16.2. The van der Waals surface area contributed by atoms with Gasteiger partial charge in [-0.25, -0.2) is 9.94 Å². The molecule has 0 spiro atoms. The van der Waals surface area contributed by atoms with Crippen LogP contribution in [0.4, 0.5) is 11.6 Å². The summed E-state index contributed by atoms with van der Waals surface area (Å²) in [5.74, 6) is 0.577. The van der Waals surface area contributed by atoms with Gasteiger partial charge in [-0.1, -0.05) is 6.92 Å². The molecule has 3 aromatic heterocycles. The summed E-state index contributed by atoms with van der Waals surface area (Å²) in [6.45, 7) is 6.52. The largest absolute Gasteiger partial charge is 0.363 e. The van der Waals surface area contributed by atoms with Crippen LogP contribution in [0.3, 0.4) is 0 Å². The molecule has 1 amide bonds. The predicted octanol–water partition coefficient (Wildman–Crippen LogP) is 1.92. The first-order valence-electron chi connectivity index (χ1n) is 16.2. The molecule has 2 saturated heterocycles. The third-order valence-corrected chi connectivity index (χ3v) is 10.0. The minimum Gasteiger partial charge on any atom is -0.363 e. The van der Waals surface area contributed by atoms with Crippen LogP contribution in [-0.2, 0) is 16.8 Å². The molecule has 46 heavy (non-hydrogen) atoms. The van der Waals surface area contributed by atoms with Gasteiger partial charge in [0.05, 0.1) is 48.1 Å². The molecule has 0 radical (unpaired) electrons. The molecule has 240 valence electrons. The number of hydrogen-bond acceptors (Lipinski definition) is 11. The molecule has 14 heteroatoms. The predicted molar refractivity (Wildman–Crippen MR) is 171 cm³/mol. The van der Waals surface area contributed by atoms with Gasteiger partial charge < -0.3 is 25.0 Å². The van der Waals surface area contributed by atoms with E-state index in [4.69, 9.17) is 4.98 Å². The van der Waals surface area contributed by atoms with Crippen molar-refractivity contribution in [2.45, 2.75) is 57.0 Å². The molecule has 3 fully saturated rings. The second-order valence-corrected chi connectivity index (χ2v) is 13.3. The normalized spacial score (nSPS) is 20.4. The summed E-state index contributed by atoms with van der Waals surface area (Å²) in [5.41, 5.74) is 6.50. The Kier molecular flexibility index (Phi) is 7.79. The summed E-state index contributed by atoms with van der Waals surface area (Å²) in [4.78, 5) is 24.4. The maximum absolute atomic E-state index is 13.1. The lowest BCUT2D eigenvalue weighted by Gasteiger charge is -2.50. The van der Waals surface area contributed by atoms with Gasteiger partial charge in [-0.05, 0) is 56.8 Å². The number of nitrogens with one attached hydrogen (secondary N) is 2. The van der Waals surface area contributed by atoms with Crippen LogP contribution in [0.1, 0.15) is 44.6 Å². The average Bonchev–Trinajstić information content (AvgIpc) is 3.37. The zero-order valence-corrected chi connectivity index (χ0v) is 26.6. The van der Waals surface area contributed by atoms with E-state index < -0.39 is 0 Å². The van der Waals surface area contributed by atoms with Gasteiger partial charge in [0.1, 0.15) is 12.1 Å². The van der Waals surface area contributed by atoms with E-state index in [-0.39, 0.29) is 23.4 Å². The molecule has 14 nitrogen and oxygen atoms in total. The maximum atomic E-state index is 13.1. The zero-order valence-electron chi connectivity index (χ0n) is 26.6. The van der Waals surface area contributed by atoms with Crippen LogP contribution in [0, 0.1) is 28.1 Å². The van der Waals surface area contributed by atoms with E-state index in [9.17, 15) is 15.3 Å². The molecule has 2 N–H and O–H groups in total. The lowest BCUT2D eigenvalue weighted by molar-refractivity contribution is -0.133. The minimum absolute atomic E-state index is 0.0975. The van der Waals surface area contributed by atoms with Crippen LogP contribution in [0.15, 0.2) is 42.6 Å². The van der Waals surface area contributed by atoms with Gasteiger partial charge in [-0.15, -0.1) is 5.10 Å². The highest BCUT2D eigenvalue weighted by Crippen LogP contribution is 2.45. The number of carbonyl (C=O) groups is 1. The van der Waals surface area contributed by atoms with Crippen molar-refractivity contribution in [3.63, 3.8) is 0 Å². The van der Waals surface area contributed by atoms with Crippen molar-refractivity contribution in [1.82, 2.24) is 44.6 Å². The minimum atomic E-state index is -0.360. The molecule has 0 atom stereocenters. The van der Waals surface area contributed by atoms with Crippen LogP contribution in [-0.4, -0.2) is 104 Å². The molecule has 4 aliphatic rings. The Hall–Kier alpha value is -4.66. The lowest BCUT2D eigenvalue weighted by atomic mass is 9.86. The number of rotatable bonds is 11. The lowest BCUT2D eigenvalue weighted by Crippen LogP contribution is -2.63.